The van der Waals surface area contributed by atoms with Gasteiger partial charge in [-0.15, -0.1) is 5.10 Å². The Morgan fingerprint density at radius 3 is 3.05 bits per heavy atom. The van der Waals surface area contributed by atoms with Crippen LogP contribution >= 0.6 is 0 Å². The molecule has 0 radical (unpaired) electrons. The largest absolute Gasteiger partial charge is 0.402 e. The third-order valence-corrected chi connectivity index (χ3v) is 3.37. The molecule has 1 saturated heterocycles. The van der Waals surface area contributed by atoms with E-state index in [9.17, 15) is 8.78 Å². The molecule has 2 aromatic heterocycles. The quantitative estimate of drug-likeness (QED) is 0.911. The first-order valence-electron chi connectivity index (χ1n) is 6.69. The summed E-state index contributed by atoms with van der Waals surface area (Å²) in [6.45, 7) is 3.34. The monoisotopic (exact) mass is 299 g/mol. The number of aromatic nitrogens is 4. The van der Waals surface area contributed by atoms with E-state index in [1.807, 2.05) is 17.7 Å². The molecule has 0 saturated carbocycles. The van der Waals surface area contributed by atoms with Crippen molar-refractivity contribution < 1.29 is 17.9 Å². The summed E-state index contributed by atoms with van der Waals surface area (Å²) in [7, 11) is 0. The Balaban J connectivity index is 1.75. The fourth-order valence-electron chi connectivity index (χ4n) is 2.38. The van der Waals surface area contributed by atoms with Gasteiger partial charge < -0.3 is 19.0 Å². The lowest BCUT2D eigenvalue weighted by molar-refractivity contribution is 0.0968. The van der Waals surface area contributed by atoms with Gasteiger partial charge in [0.1, 0.15) is 11.9 Å². The van der Waals surface area contributed by atoms with Crippen LogP contribution < -0.4 is 5.32 Å². The van der Waals surface area contributed by atoms with Crippen molar-refractivity contribution in [3.05, 3.63) is 24.1 Å². The van der Waals surface area contributed by atoms with Crippen LogP contribution in [0.2, 0.25) is 0 Å². The Morgan fingerprint density at radius 1 is 1.48 bits per heavy atom. The second-order valence-electron chi connectivity index (χ2n) is 4.65. The number of aryl methyl sites for hydroxylation is 1. The van der Waals surface area contributed by atoms with E-state index in [2.05, 4.69) is 20.5 Å². The van der Waals surface area contributed by atoms with Crippen LogP contribution in [0.1, 0.15) is 37.6 Å². The van der Waals surface area contributed by atoms with E-state index in [1.165, 1.54) is 0 Å². The summed E-state index contributed by atoms with van der Waals surface area (Å²) in [6, 6.07) is -0.177. The van der Waals surface area contributed by atoms with Gasteiger partial charge in [-0.05, 0) is 13.3 Å². The van der Waals surface area contributed by atoms with Crippen molar-refractivity contribution in [1.82, 2.24) is 19.7 Å². The van der Waals surface area contributed by atoms with Crippen molar-refractivity contribution in [2.24, 2.45) is 0 Å². The molecule has 9 heteroatoms. The Kier molecular flexibility index (Phi) is 3.82. The Morgan fingerprint density at radius 2 is 2.33 bits per heavy atom. The molecule has 2 atom stereocenters. The van der Waals surface area contributed by atoms with E-state index in [0.29, 0.717) is 13.0 Å². The van der Waals surface area contributed by atoms with Gasteiger partial charge in [-0.25, -0.2) is 4.98 Å². The summed E-state index contributed by atoms with van der Waals surface area (Å²) in [6.07, 6.45) is 1.23. The van der Waals surface area contributed by atoms with Gasteiger partial charge in [-0.2, -0.15) is 8.78 Å². The van der Waals surface area contributed by atoms with Crippen LogP contribution in [0.3, 0.4) is 0 Å². The summed E-state index contributed by atoms with van der Waals surface area (Å²) in [4.78, 5) is 4.31. The highest BCUT2D eigenvalue weighted by Gasteiger charge is 2.34. The molecular formula is C12H15F2N5O2. The lowest BCUT2D eigenvalue weighted by atomic mass is 10.1. The van der Waals surface area contributed by atoms with Crippen LogP contribution in [0.5, 0.6) is 0 Å². The highest BCUT2D eigenvalue weighted by Crippen LogP contribution is 2.31. The van der Waals surface area contributed by atoms with Crippen LogP contribution in [0.15, 0.2) is 16.8 Å². The molecule has 3 heterocycles. The second-order valence-corrected chi connectivity index (χ2v) is 4.65. The Labute approximate surface area is 119 Å². The van der Waals surface area contributed by atoms with E-state index < -0.39 is 12.3 Å². The van der Waals surface area contributed by atoms with Crippen LogP contribution in [-0.4, -0.2) is 32.4 Å². The van der Waals surface area contributed by atoms with Gasteiger partial charge >= 0.3 is 12.4 Å². The maximum atomic E-state index is 12.4. The number of halogens is 2. The number of hydrogen-bond acceptors (Lipinski definition) is 6. The second kappa shape index (κ2) is 5.76. The topological polar surface area (TPSA) is 78.0 Å². The first kappa shape index (κ1) is 13.9. The molecule has 0 unspecified atom stereocenters. The van der Waals surface area contributed by atoms with Gasteiger partial charge in [-0.1, -0.05) is 5.10 Å². The number of ether oxygens (including phenoxy) is 1. The normalized spacial score (nSPS) is 22.1. The van der Waals surface area contributed by atoms with E-state index in [-0.39, 0.29) is 18.2 Å². The molecule has 1 aliphatic rings. The molecule has 114 valence electrons. The molecule has 0 aromatic carbocycles. The minimum atomic E-state index is -2.78. The average Bonchev–Trinajstić information content (AvgIpc) is 3.18. The van der Waals surface area contributed by atoms with Crippen molar-refractivity contribution in [2.75, 3.05) is 11.9 Å². The molecule has 7 nitrogen and oxygen atoms in total. The molecule has 21 heavy (non-hydrogen) atoms. The Hall–Kier alpha value is -2.03. The van der Waals surface area contributed by atoms with Gasteiger partial charge in [0.15, 0.2) is 0 Å². The first-order chi connectivity index (χ1) is 10.2. The van der Waals surface area contributed by atoms with Crippen LogP contribution in [0.25, 0.3) is 0 Å². The first-order valence-corrected chi connectivity index (χ1v) is 6.69. The SMILES string of the molecule is CCn1ccnc1[C@H]1OCC[C@@H]1Nc1nnc(C(F)F)o1. The third kappa shape index (κ3) is 2.73. The van der Waals surface area contributed by atoms with Gasteiger partial charge in [0.05, 0.1) is 6.04 Å². The molecule has 2 aromatic rings. The van der Waals surface area contributed by atoms with Crippen LogP contribution in [-0.2, 0) is 11.3 Å². The third-order valence-electron chi connectivity index (χ3n) is 3.37. The highest BCUT2D eigenvalue weighted by atomic mass is 19.3. The molecule has 3 rings (SSSR count). The predicted octanol–water partition coefficient (Wildman–Crippen LogP) is 2.17. The lowest BCUT2D eigenvalue weighted by Gasteiger charge is -2.19. The zero-order chi connectivity index (χ0) is 14.8. The van der Waals surface area contributed by atoms with Crippen molar-refractivity contribution in [3.63, 3.8) is 0 Å². The number of alkyl halides is 2. The molecule has 1 aliphatic heterocycles. The van der Waals surface area contributed by atoms with E-state index in [1.54, 1.807) is 6.20 Å². The highest BCUT2D eigenvalue weighted by molar-refractivity contribution is 5.23. The van der Waals surface area contributed by atoms with Crippen molar-refractivity contribution in [2.45, 2.75) is 38.5 Å². The number of nitrogens with zero attached hydrogens (tertiary/aromatic N) is 4. The van der Waals surface area contributed by atoms with Gasteiger partial charge in [0.2, 0.25) is 0 Å². The van der Waals surface area contributed by atoms with Crippen LogP contribution in [0.4, 0.5) is 14.8 Å². The molecule has 1 N–H and O–H groups in total. The number of nitrogens with one attached hydrogen (secondary N) is 1. The van der Waals surface area contributed by atoms with Crippen molar-refractivity contribution in [1.29, 1.82) is 0 Å². The van der Waals surface area contributed by atoms with Crippen LogP contribution in [0, 0.1) is 0 Å². The van der Waals surface area contributed by atoms with E-state index >= 15 is 0 Å². The number of rotatable bonds is 5. The van der Waals surface area contributed by atoms with E-state index in [0.717, 1.165) is 12.4 Å². The Bertz CT molecular complexity index is 600. The fraction of sp³-hybridized carbons (Fsp3) is 0.583. The maximum absolute atomic E-state index is 12.4. The minimum Gasteiger partial charge on any atom is -0.402 e. The molecular weight excluding hydrogens is 284 g/mol. The van der Waals surface area contributed by atoms with Gasteiger partial charge in [0.25, 0.3) is 5.89 Å². The van der Waals surface area contributed by atoms with Crippen molar-refractivity contribution >= 4 is 6.01 Å². The molecule has 0 aliphatic carbocycles. The summed E-state index contributed by atoms with van der Waals surface area (Å²) in [5.74, 6) is 0.101. The molecule has 1 fully saturated rings. The zero-order valence-corrected chi connectivity index (χ0v) is 11.4. The van der Waals surface area contributed by atoms with Gasteiger partial charge in [0, 0.05) is 25.5 Å². The molecule has 0 amide bonds. The summed E-state index contributed by atoms with van der Waals surface area (Å²) >= 11 is 0. The van der Waals surface area contributed by atoms with Crippen molar-refractivity contribution in [3.8, 4) is 0 Å². The molecule has 0 spiro atoms. The lowest BCUT2D eigenvalue weighted by Crippen LogP contribution is -2.25. The minimum absolute atomic E-state index is 0.0274. The smallest absolute Gasteiger partial charge is 0.315 e. The van der Waals surface area contributed by atoms with Gasteiger partial charge in [-0.3, -0.25) is 0 Å². The number of hydrogen-bond donors (Lipinski definition) is 1. The maximum Gasteiger partial charge on any atom is 0.315 e. The fourth-order valence-corrected chi connectivity index (χ4v) is 2.38. The number of anilines is 1. The summed E-state index contributed by atoms with van der Waals surface area (Å²) in [5, 5.41) is 9.81. The average molecular weight is 299 g/mol. The predicted molar refractivity (Wildman–Crippen MR) is 67.9 cm³/mol. The standard InChI is InChI=1S/C12H15F2N5O2/c1-2-19-5-4-15-10(19)8-7(3-6-20-8)16-12-18-17-11(21-12)9(13)14/h4-5,7-9H,2-3,6H2,1H3,(H,16,18)/t7-,8-/m0/s1. The summed E-state index contributed by atoms with van der Waals surface area (Å²) in [5.41, 5.74) is 0. The molecule has 0 bridgehead atoms. The zero-order valence-electron chi connectivity index (χ0n) is 11.4. The number of imidazole rings is 1. The summed E-state index contributed by atoms with van der Waals surface area (Å²) < 4.78 is 37.4. The van der Waals surface area contributed by atoms with E-state index in [4.69, 9.17) is 9.15 Å².